The first-order valence-corrected chi connectivity index (χ1v) is 10.7. The molecule has 2 aromatic heterocycles. The number of hydrogen-bond acceptors (Lipinski definition) is 4. The van der Waals surface area contributed by atoms with Gasteiger partial charge in [0.25, 0.3) is 0 Å². The predicted molar refractivity (Wildman–Crippen MR) is 124 cm³/mol. The highest BCUT2D eigenvalue weighted by molar-refractivity contribution is 6.30. The zero-order chi connectivity index (χ0) is 22.5. The fraction of sp³-hybridized carbons (Fsp3) is 0.200. The summed E-state index contributed by atoms with van der Waals surface area (Å²) in [4.78, 5) is 12.7. The van der Waals surface area contributed by atoms with Gasteiger partial charge in [0.05, 0.1) is 30.7 Å². The van der Waals surface area contributed by atoms with Crippen LogP contribution in [0.3, 0.4) is 0 Å². The molecule has 0 fully saturated rings. The lowest BCUT2D eigenvalue weighted by Gasteiger charge is -2.09. The minimum atomic E-state index is -0.0967. The number of halogens is 1. The fourth-order valence-electron chi connectivity index (χ4n) is 3.53. The number of carbonyl (C=O) groups excluding carboxylic acids is 1. The number of amides is 1. The van der Waals surface area contributed by atoms with E-state index in [9.17, 15) is 4.79 Å². The molecule has 7 heteroatoms. The van der Waals surface area contributed by atoms with Crippen LogP contribution >= 0.6 is 11.6 Å². The Hall–Kier alpha value is -3.35. The fourth-order valence-corrected chi connectivity index (χ4v) is 3.66. The first kappa shape index (κ1) is 21.9. The molecular weight excluding hydrogens is 426 g/mol. The summed E-state index contributed by atoms with van der Waals surface area (Å²) < 4.78 is 12.8. The summed E-state index contributed by atoms with van der Waals surface area (Å²) in [5, 5.41) is 8.26. The van der Waals surface area contributed by atoms with Gasteiger partial charge in [-0.05, 0) is 67.9 Å². The zero-order valence-electron chi connectivity index (χ0n) is 18.0. The van der Waals surface area contributed by atoms with Gasteiger partial charge >= 0.3 is 0 Å². The molecule has 0 saturated heterocycles. The molecule has 1 N–H and O–H groups in total. The summed E-state index contributed by atoms with van der Waals surface area (Å²) in [7, 11) is 0. The van der Waals surface area contributed by atoms with Crippen molar-refractivity contribution in [3.05, 3.63) is 100 Å². The van der Waals surface area contributed by atoms with Crippen molar-refractivity contribution in [3.8, 4) is 5.69 Å². The van der Waals surface area contributed by atoms with E-state index in [1.807, 2.05) is 79.2 Å². The van der Waals surface area contributed by atoms with E-state index in [0.29, 0.717) is 18.2 Å². The second kappa shape index (κ2) is 9.85. The average Bonchev–Trinajstić information content (AvgIpc) is 3.38. The van der Waals surface area contributed by atoms with Crippen LogP contribution < -0.4 is 5.32 Å². The standard InChI is InChI=1S/C25H24ClN3O3/c1-17-24(18(2)29(28-17)22-10-8-20(26)9-11-22)14-25(30)27-21-6-3-5-19(13-21)15-31-16-23-7-4-12-32-23/h3-13H,14-16H2,1-2H3,(H,27,30). The zero-order valence-corrected chi connectivity index (χ0v) is 18.7. The van der Waals surface area contributed by atoms with Crippen molar-refractivity contribution in [2.75, 3.05) is 5.32 Å². The van der Waals surface area contributed by atoms with Gasteiger partial charge in [0.15, 0.2) is 0 Å². The lowest BCUT2D eigenvalue weighted by molar-refractivity contribution is -0.115. The molecular formula is C25H24ClN3O3. The van der Waals surface area contributed by atoms with Gasteiger partial charge in [-0.15, -0.1) is 0 Å². The second-order valence-corrected chi connectivity index (χ2v) is 7.97. The van der Waals surface area contributed by atoms with Crippen molar-refractivity contribution in [1.82, 2.24) is 9.78 Å². The Morgan fingerprint density at radius 2 is 1.91 bits per heavy atom. The number of ether oxygens (including phenoxy) is 1. The number of aromatic nitrogens is 2. The monoisotopic (exact) mass is 449 g/mol. The van der Waals surface area contributed by atoms with Crippen LogP contribution in [0.4, 0.5) is 5.69 Å². The Bertz CT molecular complexity index is 1200. The Labute approximate surface area is 191 Å². The SMILES string of the molecule is Cc1nn(-c2ccc(Cl)cc2)c(C)c1CC(=O)Nc1cccc(COCc2ccco2)c1. The molecule has 0 aliphatic heterocycles. The van der Waals surface area contributed by atoms with Gasteiger partial charge in [0.2, 0.25) is 5.91 Å². The molecule has 0 atom stereocenters. The highest BCUT2D eigenvalue weighted by Crippen LogP contribution is 2.21. The van der Waals surface area contributed by atoms with Crippen LogP contribution in [0, 0.1) is 13.8 Å². The third-order valence-electron chi connectivity index (χ3n) is 5.15. The first-order valence-electron chi connectivity index (χ1n) is 10.3. The maximum atomic E-state index is 12.7. The molecule has 0 radical (unpaired) electrons. The van der Waals surface area contributed by atoms with Gasteiger partial charge in [-0.1, -0.05) is 23.7 Å². The van der Waals surface area contributed by atoms with Gasteiger partial charge in [0.1, 0.15) is 12.4 Å². The van der Waals surface area contributed by atoms with Crippen molar-refractivity contribution < 1.29 is 13.9 Å². The molecule has 0 aliphatic carbocycles. The molecule has 0 bridgehead atoms. The van der Waals surface area contributed by atoms with Gasteiger partial charge in [0, 0.05) is 22.0 Å². The van der Waals surface area contributed by atoms with E-state index in [-0.39, 0.29) is 12.3 Å². The molecule has 4 aromatic rings. The molecule has 0 unspecified atom stereocenters. The van der Waals surface area contributed by atoms with Gasteiger partial charge in [-0.3, -0.25) is 4.79 Å². The third-order valence-corrected chi connectivity index (χ3v) is 5.41. The number of hydrogen-bond donors (Lipinski definition) is 1. The summed E-state index contributed by atoms with van der Waals surface area (Å²) in [6, 6.07) is 18.8. The molecule has 2 aromatic carbocycles. The lowest BCUT2D eigenvalue weighted by Crippen LogP contribution is -2.15. The number of aryl methyl sites for hydroxylation is 1. The molecule has 6 nitrogen and oxygen atoms in total. The van der Waals surface area contributed by atoms with Crippen molar-refractivity contribution in [3.63, 3.8) is 0 Å². The molecule has 0 aliphatic rings. The van der Waals surface area contributed by atoms with E-state index in [0.717, 1.165) is 39.6 Å². The number of anilines is 1. The van der Waals surface area contributed by atoms with E-state index in [1.165, 1.54) is 0 Å². The smallest absolute Gasteiger partial charge is 0.228 e. The summed E-state index contributed by atoms with van der Waals surface area (Å²) in [6.45, 7) is 4.71. The van der Waals surface area contributed by atoms with Gasteiger partial charge in [-0.25, -0.2) is 4.68 Å². The second-order valence-electron chi connectivity index (χ2n) is 7.54. The lowest BCUT2D eigenvalue weighted by atomic mass is 10.1. The van der Waals surface area contributed by atoms with Crippen LogP contribution in [0.15, 0.2) is 71.3 Å². The topological polar surface area (TPSA) is 69.3 Å². The van der Waals surface area contributed by atoms with Crippen molar-refractivity contribution in [2.24, 2.45) is 0 Å². The molecule has 0 spiro atoms. The van der Waals surface area contributed by atoms with Crippen LogP contribution in [0.5, 0.6) is 0 Å². The number of rotatable bonds is 8. The normalized spacial score (nSPS) is 11.0. The predicted octanol–water partition coefficient (Wildman–Crippen LogP) is 5.63. The number of nitrogens with zero attached hydrogens (tertiary/aromatic N) is 2. The summed E-state index contributed by atoms with van der Waals surface area (Å²) in [5.41, 5.74) is 5.28. The van der Waals surface area contributed by atoms with Gasteiger partial charge < -0.3 is 14.5 Å². The maximum absolute atomic E-state index is 12.7. The Morgan fingerprint density at radius 1 is 1.09 bits per heavy atom. The molecule has 32 heavy (non-hydrogen) atoms. The number of carbonyl (C=O) groups is 1. The number of furan rings is 1. The van der Waals surface area contributed by atoms with E-state index >= 15 is 0 Å². The summed E-state index contributed by atoms with van der Waals surface area (Å²) >= 11 is 5.99. The Balaban J connectivity index is 1.39. The minimum Gasteiger partial charge on any atom is -0.467 e. The first-order chi connectivity index (χ1) is 15.5. The van der Waals surface area contributed by atoms with E-state index in [2.05, 4.69) is 10.4 Å². The number of benzene rings is 2. The highest BCUT2D eigenvalue weighted by atomic mass is 35.5. The largest absolute Gasteiger partial charge is 0.467 e. The maximum Gasteiger partial charge on any atom is 0.228 e. The van der Waals surface area contributed by atoms with Crippen LogP contribution in [0.2, 0.25) is 5.02 Å². The van der Waals surface area contributed by atoms with E-state index in [4.69, 9.17) is 20.8 Å². The summed E-state index contributed by atoms with van der Waals surface area (Å²) in [5.74, 6) is 0.680. The van der Waals surface area contributed by atoms with Crippen LogP contribution in [0.25, 0.3) is 5.69 Å². The van der Waals surface area contributed by atoms with Crippen LogP contribution in [-0.4, -0.2) is 15.7 Å². The van der Waals surface area contributed by atoms with E-state index in [1.54, 1.807) is 6.26 Å². The third kappa shape index (κ3) is 5.28. The molecule has 4 rings (SSSR count). The Morgan fingerprint density at radius 3 is 2.66 bits per heavy atom. The number of nitrogens with one attached hydrogen (secondary N) is 1. The van der Waals surface area contributed by atoms with Gasteiger partial charge in [-0.2, -0.15) is 5.10 Å². The van der Waals surface area contributed by atoms with Crippen molar-refractivity contribution in [1.29, 1.82) is 0 Å². The van der Waals surface area contributed by atoms with Crippen LogP contribution in [-0.2, 0) is 29.2 Å². The highest BCUT2D eigenvalue weighted by Gasteiger charge is 2.16. The summed E-state index contributed by atoms with van der Waals surface area (Å²) in [6.07, 6.45) is 1.86. The van der Waals surface area contributed by atoms with E-state index < -0.39 is 0 Å². The van der Waals surface area contributed by atoms with Crippen LogP contribution in [0.1, 0.15) is 28.3 Å². The molecule has 2 heterocycles. The minimum absolute atomic E-state index is 0.0967. The molecule has 1 amide bonds. The van der Waals surface area contributed by atoms with Crippen molar-refractivity contribution >= 4 is 23.2 Å². The molecule has 0 saturated carbocycles. The molecule has 164 valence electrons. The quantitative estimate of drug-likeness (QED) is 0.378. The average molecular weight is 450 g/mol. The Kier molecular flexibility index (Phi) is 6.73. The van der Waals surface area contributed by atoms with Crippen molar-refractivity contribution in [2.45, 2.75) is 33.5 Å².